The summed E-state index contributed by atoms with van der Waals surface area (Å²) < 4.78 is 0. The molecule has 0 aromatic rings. The number of rotatable bonds is 3. The maximum atomic E-state index is 8.60. The van der Waals surface area contributed by atoms with Crippen molar-refractivity contribution >= 4 is 11.8 Å². The first-order valence-electron chi connectivity index (χ1n) is 4.06. The smallest absolute Gasteiger partial charge is 0.0431 e. The van der Waals surface area contributed by atoms with Crippen LogP contribution in [0.3, 0.4) is 0 Å². The Kier molecular flexibility index (Phi) is 1.69. The highest BCUT2D eigenvalue weighted by molar-refractivity contribution is 8.00. The van der Waals surface area contributed by atoms with Gasteiger partial charge in [0.15, 0.2) is 0 Å². The molecule has 0 bridgehead atoms. The van der Waals surface area contributed by atoms with Gasteiger partial charge in [-0.05, 0) is 30.6 Å². The fourth-order valence-electron chi connectivity index (χ4n) is 1.90. The van der Waals surface area contributed by atoms with Gasteiger partial charge >= 0.3 is 0 Å². The minimum Gasteiger partial charge on any atom is -0.396 e. The van der Waals surface area contributed by atoms with Gasteiger partial charge in [0.05, 0.1) is 0 Å². The summed E-state index contributed by atoms with van der Waals surface area (Å²) in [5.74, 6) is 3.80. The lowest BCUT2D eigenvalue weighted by Gasteiger charge is -2.26. The van der Waals surface area contributed by atoms with Crippen LogP contribution in [0.15, 0.2) is 0 Å². The molecular formula is C8H14OS. The molecular weight excluding hydrogens is 144 g/mol. The third-order valence-electron chi connectivity index (χ3n) is 2.85. The van der Waals surface area contributed by atoms with Crippen molar-refractivity contribution in [2.45, 2.75) is 19.3 Å². The van der Waals surface area contributed by atoms with E-state index in [1.165, 1.54) is 24.3 Å². The van der Waals surface area contributed by atoms with Crippen LogP contribution in [0.25, 0.3) is 0 Å². The zero-order chi connectivity index (χ0) is 7.03. The molecule has 1 nitrogen and oxygen atoms in total. The van der Waals surface area contributed by atoms with Gasteiger partial charge in [0.1, 0.15) is 0 Å². The molecule has 1 heterocycles. The van der Waals surface area contributed by atoms with Gasteiger partial charge in [-0.1, -0.05) is 0 Å². The molecule has 2 fully saturated rings. The molecule has 1 spiro atoms. The minimum absolute atomic E-state index is 0.389. The highest BCUT2D eigenvalue weighted by atomic mass is 32.2. The fraction of sp³-hybridized carbons (Fsp3) is 1.00. The summed E-state index contributed by atoms with van der Waals surface area (Å²) in [6, 6.07) is 0. The van der Waals surface area contributed by atoms with Gasteiger partial charge in [-0.2, -0.15) is 11.8 Å². The molecule has 2 rings (SSSR count). The van der Waals surface area contributed by atoms with Crippen LogP contribution in [0.4, 0.5) is 0 Å². The Hall–Kier alpha value is 0.310. The monoisotopic (exact) mass is 158 g/mol. The predicted octanol–water partition coefficient (Wildman–Crippen LogP) is 1.51. The molecule has 1 saturated heterocycles. The van der Waals surface area contributed by atoms with Crippen LogP contribution in [-0.4, -0.2) is 23.2 Å². The van der Waals surface area contributed by atoms with Gasteiger partial charge in [0.25, 0.3) is 0 Å². The summed E-state index contributed by atoms with van der Waals surface area (Å²) in [5, 5.41) is 8.60. The molecule has 0 aromatic heterocycles. The van der Waals surface area contributed by atoms with E-state index in [-0.39, 0.29) is 0 Å². The Balaban J connectivity index is 1.69. The Labute approximate surface area is 66.2 Å². The molecule has 2 aliphatic rings. The Bertz CT molecular complexity index is 131. The summed E-state index contributed by atoms with van der Waals surface area (Å²) in [4.78, 5) is 0. The van der Waals surface area contributed by atoms with E-state index in [0.29, 0.717) is 6.61 Å². The third-order valence-corrected chi connectivity index (χ3v) is 4.41. The van der Waals surface area contributed by atoms with Crippen LogP contribution in [0.5, 0.6) is 0 Å². The minimum atomic E-state index is 0.389. The van der Waals surface area contributed by atoms with E-state index in [1.807, 2.05) is 0 Å². The van der Waals surface area contributed by atoms with E-state index in [9.17, 15) is 0 Å². The Morgan fingerprint density at radius 1 is 1.50 bits per heavy atom. The lowest BCUT2D eigenvalue weighted by Crippen LogP contribution is -2.21. The molecule has 1 aliphatic carbocycles. The molecule has 10 heavy (non-hydrogen) atoms. The summed E-state index contributed by atoms with van der Waals surface area (Å²) in [6.45, 7) is 0.389. The molecule has 1 unspecified atom stereocenters. The number of aliphatic hydroxyl groups is 1. The van der Waals surface area contributed by atoms with Crippen molar-refractivity contribution in [2.75, 3.05) is 18.1 Å². The zero-order valence-corrected chi connectivity index (χ0v) is 6.99. The first-order chi connectivity index (χ1) is 4.87. The van der Waals surface area contributed by atoms with Gasteiger partial charge in [0, 0.05) is 18.1 Å². The van der Waals surface area contributed by atoms with Gasteiger partial charge in [-0.15, -0.1) is 0 Å². The molecule has 1 atom stereocenters. The van der Waals surface area contributed by atoms with Crippen LogP contribution < -0.4 is 0 Å². The van der Waals surface area contributed by atoms with Crippen LogP contribution >= 0.6 is 11.8 Å². The van der Waals surface area contributed by atoms with Crippen molar-refractivity contribution < 1.29 is 5.11 Å². The second kappa shape index (κ2) is 2.42. The molecule has 1 N–H and O–H groups in total. The van der Waals surface area contributed by atoms with Crippen molar-refractivity contribution in [3.05, 3.63) is 0 Å². The first kappa shape index (κ1) is 6.99. The van der Waals surface area contributed by atoms with Gasteiger partial charge in [-0.3, -0.25) is 0 Å². The number of aliphatic hydroxyl groups excluding tert-OH is 1. The van der Waals surface area contributed by atoms with Crippen molar-refractivity contribution in [3.63, 3.8) is 0 Å². The number of hydrogen-bond donors (Lipinski definition) is 1. The number of thioether (sulfide) groups is 1. The lowest BCUT2D eigenvalue weighted by atomic mass is 10.1. The van der Waals surface area contributed by atoms with E-state index >= 15 is 0 Å². The van der Waals surface area contributed by atoms with E-state index < -0.39 is 0 Å². The predicted molar refractivity (Wildman–Crippen MR) is 44.2 cm³/mol. The van der Waals surface area contributed by atoms with Crippen molar-refractivity contribution in [2.24, 2.45) is 11.3 Å². The summed E-state index contributed by atoms with van der Waals surface area (Å²) in [5.41, 5.74) is 0.792. The van der Waals surface area contributed by atoms with Crippen LogP contribution in [0.1, 0.15) is 19.3 Å². The molecule has 1 aliphatic heterocycles. The third kappa shape index (κ3) is 0.978. The van der Waals surface area contributed by atoms with Crippen LogP contribution in [-0.2, 0) is 0 Å². The Morgan fingerprint density at radius 3 is 2.70 bits per heavy atom. The normalized spacial score (nSPS) is 33.9. The summed E-state index contributed by atoms with van der Waals surface area (Å²) in [6.07, 6.45) is 3.76. The molecule has 1 saturated carbocycles. The SMILES string of the molecule is OCCCC1CC12CSC2. The average molecular weight is 158 g/mol. The Morgan fingerprint density at radius 2 is 2.30 bits per heavy atom. The van der Waals surface area contributed by atoms with Crippen molar-refractivity contribution in [1.82, 2.24) is 0 Å². The highest BCUT2D eigenvalue weighted by Gasteiger charge is 2.57. The molecule has 0 aromatic carbocycles. The first-order valence-corrected chi connectivity index (χ1v) is 5.21. The van der Waals surface area contributed by atoms with Gasteiger partial charge in [-0.25, -0.2) is 0 Å². The summed E-state index contributed by atoms with van der Waals surface area (Å²) in [7, 11) is 0. The van der Waals surface area contributed by atoms with E-state index in [1.54, 1.807) is 0 Å². The quantitative estimate of drug-likeness (QED) is 0.672. The number of hydrogen-bond acceptors (Lipinski definition) is 2. The maximum Gasteiger partial charge on any atom is 0.0431 e. The molecule has 0 amide bonds. The van der Waals surface area contributed by atoms with E-state index in [2.05, 4.69) is 11.8 Å². The summed E-state index contributed by atoms with van der Waals surface area (Å²) >= 11 is 2.08. The second-order valence-electron chi connectivity index (χ2n) is 3.62. The highest BCUT2D eigenvalue weighted by Crippen LogP contribution is 2.64. The second-order valence-corrected chi connectivity index (χ2v) is 4.61. The zero-order valence-electron chi connectivity index (χ0n) is 6.18. The standard InChI is InChI=1S/C8H14OS/c9-3-1-2-7-4-8(7)5-10-6-8/h7,9H,1-6H2. The van der Waals surface area contributed by atoms with Crippen LogP contribution in [0, 0.1) is 11.3 Å². The topological polar surface area (TPSA) is 20.2 Å². The molecule has 0 radical (unpaired) electrons. The maximum absolute atomic E-state index is 8.60. The average Bonchev–Trinajstić information content (AvgIpc) is 2.56. The lowest BCUT2D eigenvalue weighted by molar-refractivity contribution is 0.278. The van der Waals surface area contributed by atoms with Crippen LogP contribution in [0.2, 0.25) is 0 Å². The fourth-order valence-corrected chi connectivity index (χ4v) is 3.33. The van der Waals surface area contributed by atoms with Crippen molar-refractivity contribution in [1.29, 1.82) is 0 Å². The van der Waals surface area contributed by atoms with E-state index in [4.69, 9.17) is 5.11 Å². The van der Waals surface area contributed by atoms with Crippen molar-refractivity contribution in [3.8, 4) is 0 Å². The van der Waals surface area contributed by atoms with E-state index in [0.717, 1.165) is 17.8 Å². The molecule has 2 heteroatoms. The molecule has 58 valence electrons. The largest absolute Gasteiger partial charge is 0.396 e. The van der Waals surface area contributed by atoms with Gasteiger partial charge in [0.2, 0.25) is 0 Å². The van der Waals surface area contributed by atoms with Gasteiger partial charge < -0.3 is 5.11 Å².